The van der Waals surface area contributed by atoms with Gasteiger partial charge in [-0.2, -0.15) is 8.42 Å². The summed E-state index contributed by atoms with van der Waals surface area (Å²) in [6, 6.07) is 0. The van der Waals surface area contributed by atoms with Gasteiger partial charge in [0.05, 0.1) is 12.4 Å². The fraction of sp³-hybridized carbons (Fsp3) is 0.667. The summed E-state index contributed by atoms with van der Waals surface area (Å²) in [6.07, 6.45) is 3.21. The third-order valence-electron chi connectivity index (χ3n) is 1.61. The van der Waals surface area contributed by atoms with Crippen molar-refractivity contribution in [1.82, 2.24) is 0 Å². The van der Waals surface area contributed by atoms with Crippen molar-refractivity contribution in [2.45, 2.75) is 25.7 Å². The largest absolute Gasteiger partial charge is 0.466 e. The van der Waals surface area contributed by atoms with Gasteiger partial charge in [0.1, 0.15) is 0 Å². The molecule has 0 aliphatic carbocycles. The maximum absolute atomic E-state index is 10.9. The fourth-order valence-electron chi connectivity index (χ4n) is 0.865. The minimum atomic E-state index is -3.89. The average Bonchev–Trinajstić information content (AvgIpc) is 2.12. The van der Waals surface area contributed by atoms with Crippen LogP contribution in [0.3, 0.4) is 0 Å². The summed E-state index contributed by atoms with van der Waals surface area (Å²) >= 11 is 0. The summed E-state index contributed by atoms with van der Waals surface area (Å²) in [6.45, 7) is 3.65. The highest BCUT2D eigenvalue weighted by atomic mass is 32.2. The van der Waals surface area contributed by atoms with Gasteiger partial charge in [0, 0.05) is 6.42 Å². The molecular weight excluding hydrogens is 220 g/mol. The molecule has 0 radical (unpaired) electrons. The minimum Gasteiger partial charge on any atom is -0.466 e. The molecule has 0 aliphatic rings. The van der Waals surface area contributed by atoms with Gasteiger partial charge >= 0.3 is 5.97 Å². The number of rotatable bonds is 8. The molecule has 5 nitrogen and oxygen atoms in total. The third-order valence-corrected chi connectivity index (χ3v) is 2.42. The summed E-state index contributed by atoms with van der Waals surface area (Å²) < 4.78 is 33.8. The van der Waals surface area contributed by atoms with Crippen LogP contribution in [0.4, 0.5) is 0 Å². The predicted octanol–water partition coefficient (Wildman–Crippen LogP) is 1.16. The Labute approximate surface area is 89.9 Å². The number of unbranched alkanes of at least 4 members (excludes halogenated alkanes) is 1. The van der Waals surface area contributed by atoms with E-state index in [-0.39, 0.29) is 24.7 Å². The number of ether oxygens (including phenoxy) is 1. The zero-order valence-electron chi connectivity index (χ0n) is 8.52. The first-order chi connectivity index (χ1) is 6.95. The standard InChI is InChI=1S/C9H16O5S/c1-2-3-6-9(10)14-7-4-5-8-15(11,12)13/h2H,1,3-8H2,(H,11,12,13). The Balaban J connectivity index is 3.39. The average molecular weight is 236 g/mol. The lowest BCUT2D eigenvalue weighted by atomic mass is 10.3. The van der Waals surface area contributed by atoms with Crippen LogP contribution in [-0.4, -0.2) is 31.3 Å². The molecule has 0 aliphatic heterocycles. The highest BCUT2D eigenvalue weighted by molar-refractivity contribution is 7.85. The number of carbonyl (C=O) groups is 1. The summed E-state index contributed by atoms with van der Waals surface area (Å²) in [7, 11) is -3.89. The van der Waals surface area contributed by atoms with Crippen molar-refractivity contribution in [3.63, 3.8) is 0 Å². The van der Waals surface area contributed by atoms with E-state index >= 15 is 0 Å². The molecule has 0 atom stereocenters. The minimum absolute atomic E-state index is 0.186. The van der Waals surface area contributed by atoms with Crippen LogP contribution >= 0.6 is 0 Å². The van der Waals surface area contributed by atoms with E-state index in [1.54, 1.807) is 6.08 Å². The molecule has 0 spiro atoms. The first-order valence-electron chi connectivity index (χ1n) is 4.67. The lowest BCUT2D eigenvalue weighted by Crippen LogP contribution is -2.08. The Kier molecular flexibility index (Phi) is 6.98. The van der Waals surface area contributed by atoms with Gasteiger partial charge in [-0.3, -0.25) is 9.35 Å². The van der Waals surface area contributed by atoms with Crippen LogP contribution in [0.15, 0.2) is 12.7 Å². The number of hydrogen-bond donors (Lipinski definition) is 1. The molecule has 0 saturated carbocycles. The Bertz CT molecular complexity index is 294. The molecule has 0 aromatic rings. The van der Waals surface area contributed by atoms with E-state index in [9.17, 15) is 13.2 Å². The van der Waals surface area contributed by atoms with Gasteiger partial charge in [-0.1, -0.05) is 6.08 Å². The summed E-state index contributed by atoms with van der Waals surface area (Å²) in [5.74, 6) is -0.612. The zero-order chi connectivity index (χ0) is 11.7. The van der Waals surface area contributed by atoms with Crippen LogP contribution in [0, 0.1) is 0 Å². The SMILES string of the molecule is C=CCCC(=O)OCCCCS(=O)(=O)O. The fourth-order valence-corrected chi connectivity index (χ4v) is 1.43. The molecule has 0 unspecified atom stereocenters. The van der Waals surface area contributed by atoms with Crippen molar-refractivity contribution in [2.24, 2.45) is 0 Å². The van der Waals surface area contributed by atoms with Crippen molar-refractivity contribution < 1.29 is 22.5 Å². The number of esters is 1. The lowest BCUT2D eigenvalue weighted by molar-refractivity contribution is -0.143. The summed E-state index contributed by atoms with van der Waals surface area (Å²) in [5, 5.41) is 0. The molecule has 88 valence electrons. The molecule has 0 aromatic carbocycles. The second-order valence-corrected chi connectivity index (χ2v) is 4.61. The topological polar surface area (TPSA) is 80.7 Å². The summed E-state index contributed by atoms with van der Waals surface area (Å²) in [5.41, 5.74) is 0. The van der Waals surface area contributed by atoms with Crippen molar-refractivity contribution in [3.05, 3.63) is 12.7 Å². The van der Waals surface area contributed by atoms with Gasteiger partial charge in [-0.05, 0) is 19.3 Å². The molecule has 0 fully saturated rings. The van der Waals surface area contributed by atoms with E-state index in [0.717, 1.165) is 0 Å². The number of carbonyl (C=O) groups excluding carboxylic acids is 1. The maximum Gasteiger partial charge on any atom is 0.306 e. The molecular formula is C9H16O5S. The van der Waals surface area contributed by atoms with E-state index in [1.807, 2.05) is 0 Å². The Morgan fingerprint density at radius 2 is 2.07 bits per heavy atom. The quantitative estimate of drug-likeness (QED) is 0.296. The van der Waals surface area contributed by atoms with Crippen molar-refractivity contribution in [3.8, 4) is 0 Å². The van der Waals surface area contributed by atoms with E-state index in [4.69, 9.17) is 9.29 Å². The van der Waals surface area contributed by atoms with Crippen LogP contribution in [-0.2, 0) is 19.6 Å². The van der Waals surface area contributed by atoms with Gasteiger partial charge in [0.2, 0.25) is 0 Å². The van der Waals surface area contributed by atoms with E-state index in [0.29, 0.717) is 19.3 Å². The van der Waals surface area contributed by atoms with Crippen LogP contribution in [0.25, 0.3) is 0 Å². The number of allylic oxidation sites excluding steroid dienone is 1. The van der Waals surface area contributed by atoms with Crippen molar-refractivity contribution in [1.29, 1.82) is 0 Å². The van der Waals surface area contributed by atoms with Crippen LogP contribution in [0.2, 0.25) is 0 Å². The highest BCUT2D eigenvalue weighted by Gasteiger charge is 2.04. The van der Waals surface area contributed by atoms with E-state index < -0.39 is 10.1 Å². The van der Waals surface area contributed by atoms with Crippen LogP contribution in [0.1, 0.15) is 25.7 Å². The predicted molar refractivity (Wildman–Crippen MR) is 56.0 cm³/mol. The van der Waals surface area contributed by atoms with E-state index in [1.165, 1.54) is 0 Å². The van der Waals surface area contributed by atoms with Gasteiger partial charge in [0.15, 0.2) is 0 Å². The maximum atomic E-state index is 10.9. The van der Waals surface area contributed by atoms with Crippen LogP contribution < -0.4 is 0 Å². The Hall–Kier alpha value is -0.880. The Morgan fingerprint density at radius 1 is 1.40 bits per heavy atom. The highest BCUT2D eigenvalue weighted by Crippen LogP contribution is 1.98. The van der Waals surface area contributed by atoms with Crippen molar-refractivity contribution >= 4 is 16.1 Å². The molecule has 1 N–H and O–H groups in total. The molecule has 6 heteroatoms. The zero-order valence-corrected chi connectivity index (χ0v) is 9.33. The molecule has 0 amide bonds. The first-order valence-corrected chi connectivity index (χ1v) is 6.28. The molecule has 0 aromatic heterocycles. The first kappa shape index (κ1) is 14.1. The monoisotopic (exact) mass is 236 g/mol. The third kappa shape index (κ3) is 11.0. The molecule has 0 heterocycles. The van der Waals surface area contributed by atoms with E-state index in [2.05, 4.69) is 6.58 Å². The molecule has 15 heavy (non-hydrogen) atoms. The van der Waals surface area contributed by atoms with Gasteiger partial charge in [0.25, 0.3) is 10.1 Å². The lowest BCUT2D eigenvalue weighted by Gasteiger charge is -2.02. The summed E-state index contributed by atoms with van der Waals surface area (Å²) in [4.78, 5) is 10.9. The van der Waals surface area contributed by atoms with Gasteiger partial charge in [-0.15, -0.1) is 6.58 Å². The second-order valence-electron chi connectivity index (χ2n) is 3.04. The molecule has 0 rings (SSSR count). The normalized spacial score (nSPS) is 11.0. The molecule has 0 bridgehead atoms. The Morgan fingerprint density at radius 3 is 2.60 bits per heavy atom. The van der Waals surface area contributed by atoms with Gasteiger partial charge < -0.3 is 4.74 Å². The van der Waals surface area contributed by atoms with Crippen molar-refractivity contribution in [2.75, 3.05) is 12.4 Å². The second kappa shape index (κ2) is 7.42. The van der Waals surface area contributed by atoms with Gasteiger partial charge in [-0.25, -0.2) is 0 Å². The number of hydrogen-bond acceptors (Lipinski definition) is 4. The smallest absolute Gasteiger partial charge is 0.306 e. The van der Waals surface area contributed by atoms with Crippen LogP contribution in [0.5, 0.6) is 0 Å². The molecule has 0 saturated heterocycles.